The Morgan fingerprint density at radius 2 is 1.67 bits per heavy atom. The van der Waals surface area contributed by atoms with Gasteiger partial charge in [0.15, 0.2) is 0 Å². The predicted octanol–water partition coefficient (Wildman–Crippen LogP) is 3.50. The Hall–Kier alpha value is -1.98. The molecule has 0 aliphatic rings. The molecule has 1 amide bonds. The van der Waals surface area contributed by atoms with Crippen molar-refractivity contribution in [3.8, 4) is 0 Å². The molecule has 0 aliphatic heterocycles. The van der Waals surface area contributed by atoms with E-state index in [2.05, 4.69) is 5.32 Å². The number of aliphatic hydroxyl groups is 1. The van der Waals surface area contributed by atoms with Gasteiger partial charge in [-0.1, -0.05) is 0 Å². The van der Waals surface area contributed by atoms with Crippen LogP contribution in [0.3, 0.4) is 0 Å². The van der Waals surface area contributed by atoms with E-state index in [1.54, 1.807) is 0 Å². The van der Waals surface area contributed by atoms with Gasteiger partial charge in [-0.25, -0.2) is 0 Å². The molecule has 0 saturated carbocycles. The number of halogens is 3. The lowest BCUT2D eigenvalue weighted by Crippen LogP contribution is -2.14. The van der Waals surface area contributed by atoms with E-state index >= 15 is 0 Å². The fraction of sp³-hybridized carbons (Fsp3) is 0.250. The van der Waals surface area contributed by atoms with Gasteiger partial charge in [-0.15, -0.1) is 0 Å². The Balaban J connectivity index is 2.83. The average Bonchev–Trinajstić information content (AvgIpc) is 2.27. The molecule has 2 N–H and O–H groups in total. The first-order valence-electron chi connectivity index (χ1n) is 5.07. The molecule has 0 radical (unpaired) electrons. The smallest absolute Gasteiger partial charge is 0.416 e. The zero-order valence-electron chi connectivity index (χ0n) is 9.80. The Morgan fingerprint density at radius 3 is 2.06 bits per heavy atom. The highest BCUT2D eigenvalue weighted by Gasteiger charge is 2.29. The van der Waals surface area contributed by atoms with E-state index in [0.717, 1.165) is 24.3 Å². The molecular weight excluding hydrogens is 247 g/mol. The second-order valence-electron chi connectivity index (χ2n) is 3.74. The molecule has 0 unspecified atom stereocenters. The molecule has 0 heterocycles. The minimum Gasteiger partial charge on any atom is -0.512 e. The van der Waals surface area contributed by atoms with E-state index in [9.17, 15) is 18.0 Å². The van der Waals surface area contributed by atoms with Crippen LogP contribution in [-0.4, -0.2) is 11.0 Å². The van der Waals surface area contributed by atoms with Gasteiger partial charge in [0.1, 0.15) is 0 Å². The van der Waals surface area contributed by atoms with Crippen molar-refractivity contribution in [1.29, 1.82) is 0 Å². The lowest BCUT2D eigenvalue weighted by molar-refractivity contribution is -0.137. The average molecular weight is 259 g/mol. The Labute approximate surface area is 102 Å². The molecule has 0 aliphatic carbocycles. The van der Waals surface area contributed by atoms with Gasteiger partial charge >= 0.3 is 6.18 Å². The third-order valence-corrected chi connectivity index (χ3v) is 2.35. The van der Waals surface area contributed by atoms with Crippen LogP contribution in [0, 0.1) is 0 Å². The summed E-state index contributed by atoms with van der Waals surface area (Å²) in [4.78, 5) is 11.5. The third kappa shape index (κ3) is 3.51. The summed E-state index contributed by atoms with van der Waals surface area (Å²) in [6.45, 7) is 2.76. The first-order chi connectivity index (χ1) is 8.21. The SMILES string of the molecule is C/C(O)=C(\C)C(=O)Nc1ccc(C(F)(F)F)cc1. The number of carbonyl (C=O) groups is 1. The summed E-state index contributed by atoms with van der Waals surface area (Å²) in [6, 6.07) is 4.06. The summed E-state index contributed by atoms with van der Waals surface area (Å²) in [6.07, 6.45) is -4.40. The number of rotatable bonds is 2. The molecule has 1 aromatic carbocycles. The highest BCUT2D eigenvalue weighted by Crippen LogP contribution is 2.29. The molecule has 1 aromatic rings. The molecule has 0 saturated heterocycles. The number of anilines is 1. The number of alkyl halides is 3. The topological polar surface area (TPSA) is 49.3 Å². The molecule has 1 rings (SSSR count). The number of hydrogen-bond donors (Lipinski definition) is 2. The molecular formula is C12H12F3NO2. The maximum atomic E-state index is 12.3. The Morgan fingerprint density at radius 1 is 1.17 bits per heavy atom. The number of amides is 1. The summed E-state index contributed by atoms with van der Waals surface area (Å²) in [5.74, 6) is -0.700. The van der Waals surface area contributed by atoms with Crippen molar-refractivity contribution in [1.82, 2.24) is 0 Å². The van der Waals surface area contributed by atoms with Crippen LogP contribution in [-0.2, 0) is 11.0 Å². The normalized spacial score (nSPS) is 12.9. The lowest BCUT2D eigenvalue weighted by atomic mass is 10.2. The molecule has 0 aromatic heterocycles. The van der Waals surface area contributed by atoms with Crippen LogP contribution in [0.25, 0.3) is 0 Å². The zero-order valence-corrected chi connectivity index (χ0v) is 9.80. The van der Waals surface area contributed by atoms with Crippen LogP contribution in [0.1, 0.15) is 19.4 Å². The van der Waals surface area contributed by atoms with Crippen LogP contribution in [0.4, 0.5) is 18.9 Å². The molecule has 6 heteroatoms. The van der Waals surface area contributed by atoms with Crippen molar-refractivity contribution in [2.24, 2.45) is 0 Å². The van der Waals surface area contributed by atoms with E-state index < -0.39 is 17.6 Å². The quantitative estimate of drug-likeness (QED) is 0.631. The number of allylic oxidation sites excluding steroid dienone is 1. The van der Waals surface area contributed by atoms with Gasteiger partial charge in [0.2, 0.25) is 0 Å². The van der Waals surface area contributed by atoms with Gasteiger partial charge in [0, 0.05) is 5.69 Å². The van der Waals surface area contributed by atoms with Gasteiger partial charge < -0.3 is 10.4 Å². The van der Waals surface area contributed by atoms with Gasteiger partial charge in [-0.3, -0.25) is 4.79 Å². The summed E-state index contributed by atoms with van der Waals surface area (Å²) in [5.41, 5.74) is -0.449. The van der Waals surface area contributed by atoms with E-state index in [-0.39, 0.29) is 17.0 Å². The zero-order chi connectivity index (χ0) is 13.9. The second kappa shape index (κ2) is 5.12. The molecule has 18 heavy (non-hydrogen) atoms. The summed E-state index contributed by atoms with van der Waals surface area (Å²) >= 11 is 0. The predicted molar refractivity (Wildman–Crippen MR) is 61.1 cm³/mol. The monoisotopic (exact) mass is 259 g/mol. The maximum absolute atomic E-state index is 12.3. The molecule has 98 valence electrons. The summed E-state index contributed by atoms with van der Waals surface area (Å²) < 4.78 is 36.9. The van der Waals surface area contributed by atoms with Crippen LogP contribution >= 0.6 is 0 Å². The third-order valence-electron chi connectivity index (χ3n) is 2.35. The second-order valence-corrected chi connectivity index (χ2v) is 3.74. The van der Waals surface area contributed by atoms with Crippen molar-refractivity contribution in [2.45, 2.75) is 20.0 Å². The van der Waals surface area contributed by atoms with E-state index in [4.69, 9.17) is 5.11 Å². The van der Waals surface area contributed by atoms with Crippen LogP contribution < -0.4 is 5.32 Å². The van der Waals surface area contributed by atoms with Gasteiger partial charge in [0.25, 0.3) is 5.91 Å². The first kappa shape index (κ1) is 14.1. The largest absolute Gasteiger partial charge is 0.512 e. The number of nitrogens with one attached hydrogen (secondary N) is 1. The van der Waals surface area contributed by atoms with Crippen molar-refractivity contribution < 1.29 is 23.1 Å². The number of hydrogen-bond acceptors (Lipinski definition) is 2. The Bertz CT molecular complexity index is 471. The van der Waals surface area contributed by atoms with E-state index in [1.807, 2.05) is 0 Å². The van der Waals surface area contributed by atoms with Crippen molar-refractivity contribution >= 4 is 11.6 Å². The van der Waals surface area contributed by atoms with Crippen molar-refractivity contribution in [2.75, 3.05) is 5.32 Å². The summed E-state index contributed by atoms with van der Waals surface area (Å²) in [7, 11) is 0. The van der Waals surface area contributed by atoms with Crippen molar-refractivity contribution in [3.63, 3.8) is 0 Å². The molecule has 0 bridgehead atoms. The highest BCUT2D eigenvalue weighted by atomic mass is 19.4. The van der Waals surface area contributed by atoms with Crippen molar-refractivity contribution in [3.05, 3.63) is 41.2 Å². The summed E-state index contributed by atoms with van der Waals surface area (Å²) in [5, 5.41) is 11.5. The fourth-order valence-corrected chi connectivity index (χ4v) is 1.13. The van der Waals surface area contributed by atoms with Gasteiger partial charge in [-0.2, -0.15) is 13.2 Å². The number of benzene rings is 1. The fourth-order valence-electron chi connectivity index (χ4n) is 1.13. The maximum Gasteiger partial charge on any atom is 0.416 e. The minimum absolute atomic E-state index is 0.106. The van der Waals surface area contributed by atoms with Crippen LogP contribution in [0.15, 0.2) is 35.6 Å². The molecule has 3 nitrogen and oxygen atoms in total. The van der Waals surface area contributed by atoms with Crippen LogP contribution in [0.2, 0.25) is 0 Å². The molecule has 0 spiro atoms. The molecule has 0 atom stereocenters. The molecule has 0 fully saturated rings. The number of carbonyl (C=O) groups excluding carboxylic acids is 1. The van der Waals surface area contributed by atoms with E-state index in [1.165, 1.54) is 13.8 Å². The van der Waals surface area contributed by atoms with Gasteiger partial charge in [-0.05, 0) is 38.1 Å². The standard InChI is InChI=1S/C12H12F3NO2/c1-7(8(2)17)11(18)16-10-5-3-9(4-6-10)12(13,14)15/h3-6,17H,1-2H3,(H,16,18)/b8-7-. The van der Waals surface area contributed by atoms with E-state index in [0.29, 0.717) is 0 Å². The Kier molecular flexibility index (Phi) is 4.00. The first-order valence-corrected chi connectivity index (χ1v) is 5.07. The van der Waals surface area contributed by atoms with Gasteiger partial charge in [0.05, 0.1) is 16.9 Å². The minimum atomic E-state index is -4.40. The highest BCUT2D eigenvalue weighted by molar-refractivity contribution is 6.03. The van der Waals surface area contributed by atoms with Crippen LogP contribution in [0.5, 0.6) is 0 Å². The lowest BCUT2D eigenvalue weighted by Gasteiger charge is -2.09. The number of aliphatic hydroxyl groups excluding tert-OH is 1.